The number of fused-ring (bicyclic) bond motifs is 8. The first-order chi connectivity index (χ1) is 68.4. The number of alkyl halides is 1. The second-order valence-electron chi connectivity index (χ2n) is 40.8. The molecule has 0 radical (unpaired) electrons. The van der Waals surface area contributed by atoms with Crippen molar-refractivity contribution in [1.82, 2.24) is 97.3 Å². The lowest BCUT2D eigenvalue weighted by Crippen LogP contribution is -2.38. The van der Waals surface area contributed by atoms with Crippen molar-refractivity contribution in [2.24, 2.45) is 14.1 Å². The number of imidazole rings is 4. The minimum atomic E-state index is -1.08. The van der Waals surface area contributed by atoms with Gasteiger partial charge in [-0.25, -0.2) is 29.3 Å². The van der Waals surface area contributed by atoms with Gasteiger partial charge in [0.2, 0.25) is 23.6 Å². The van der Waals surface area contributed by atoms with Crippen molar-refractivity contribution in [2.75, 3.05) is 83.8 Å². The molecular formula is C112H132FN21O7. The molecule has 0 unspecified atom stereocenters. The minimum absolute atomic E-state index is 0.167. The van der Waals surface area contributed by atoms with Gasteiger partial charge >= 0.3 is 0 Å². The normalized spacial score (nSPS) is 19.0. The van der Waals surface area contributed by atoms with E-state index in [1.807, 2.05) is 116 Å². The number of hydrogen-bond donors (Lipinski definition) is 0. The fourth-order valence-electron chi connectivity index (χ4n) is 23.0. The van der Waals surface area contributed by atoms with Crippen LogP contribution in [0.5, 0.6) is 0 Å². The van der Waals surface area contributed by atoms with E-state index < -0.39 is 5.67 Å². The molecule has 0 bridgehead atoms. The summed E-state index contributed by atoms with van der Waals surface area (Å²) in [5.41, 5.74) is 22.6. The summed E-state index contributed by atoms with van der Waals surface area (Å²) < 4.78 is 44.5. The molecule has 0 spiro atoms. The topological polar surface area (TPSA) is 271 Å². The number of anilines is 1. The van der Waals surface area contributed by atoms with E-state index in [-0.39, 0.29) is 29.5 Å². The van der Waals surface area contributed by atoms with E-state index in [0.717, 1.165) is 288 Å². The number of nitrogens with zero attached hydrogens (tertiary/aromatic N) is 21. The number of hydrogen-bond acceptors (Lipinski definition) is 18. The highest BCUT2D eigenvalue weighted by Crippen LogP contribution is 2.50. The SMILES string of the molecule is CCC(=O)N1CCn2c(C3CC3)nc(-c3c(C)ccc4cc(-c5cn(C)nc5C)ncc34)c2C1.CCC(=O)N1CCn2c(C3CC3)nc(-c3c(C)ccc4cc(C5CCOCC5)ncc34)c2C1.CCC(=O)N1CCn2c(C3CCC(C)(F)CC3)nc(-c3cccc4cc(N5CCOCC5)ncc34)c2C1.CCC(=O)N1CCn2c(C3CCOCC3)nc(-c3c(C)ccc4cc(-c5cn(C)nc5C)ncc34)c2C1. The third-order valence-electron chi connectivity index (χ3n) is 31.3. The number of ether oxygens (including phenoxy) is 3. The summed E-state index contributed by atoms with van der Waals surface area (Å²) in [5, 5.41) is 18.0. The molecule has 734 valence electrons. The Balaban J connectivity index is 0.000000112. The predicted octanol–water partition coefficient (Wildman–Crippen LogP) is 19.5. The van der Waals surface area contributed by atoms with Crippen molar-refractivity contribution in [3.8, 4) is 67.5 Å². The van der Waals surface area contributed by atoms with Gasteiger partial charge in [0.25, 0.3) is 0 Å². The number of carbonyl (C=O) groups is 4. The lowest BCUT2D eigenvalue weighted by atomic mass is 9.80. The summed E-state index contributed by atoms with van der Waals surface area (Å²) in [7, 11) is 3.87. The Labute approximate surface area is 823 Å². The summed E-state index contributed by atoms with van der Waals surface area (Å²) in [5.74, 6) is 8.58. The number of morpholine rings is 1. The van der Waals surface area contributed by atoms with Crippen molar-refractivity contribution in [3.63, 3.8) is 0 Å². The van der Waals surface area contributed by atoms with Crippen LogP contribution in [-0.2, 0) is 99.8 Å². The van der Waals surface area contributed by atoms with E-state index in [1.54, 1.807) is 6.92 Å². The quantitative estimate of drug-likeness (QED) is 0.0869. The monoisotopic (exact) mass is 1900 g/mol. The number of aryl methyl sites for hydroxylation is 7. The first-order valence-corrected chi connectivity index (χ1v) is 51.7. The summed E-state index contributed by atoms with van der Waals surface area (Å²) >= 11 is 0. The average molecular weight is 1900 g/mol. The summed E-state index contributed by atoms with van der Waals surface area (Å²) in [4.78, 5) is 101. The van der Waals surface area contributed by atoms with Crippen molar-refractivity contribution >= 4 is 72.5 Å². The Morgan fingerprint density at radius 3 is 1.13 bits per heavy atom. The highest BCUT2D eigenvalue weighted by molar-refractivity contribution is 6.02. The second-order valence-corrected chi connectivity index (χ2v) is 40.8. The zero-order valence-electron chi connectivity index (χ0n) is 83.9. The van der Waals surface area contributed by atoms with Crippen molar-refractivity contribution in [1.29, 1.82) is 0 Å². The fraction of sp³-hybridized carbons (Fsp3) is 0.482. The molecule has 10 aromatic heterocycles. The first kappa shape index (κ1) is 94.5. The smallest absolute Gasteiger partial charge is 0.222 e. The molecule has 14 aromatic rings. The number of aromatic nitrogens is 16. The van der Waals surface area contributed by atoms with Crippen LogP contribution in [0.3, 0.4) is 0 Å². The molecule has 0 N–H and O–H groups in total. The molecule has 10 aliphatic rings. The van der Waals surface area contributed by atoms with E-state index in [2.05, 4.69) is 139 Å². The number of carbonyl (C=O) groups excluding carboxylic acids is 4. The van der Waals surface area contributed by atoms with Gasteiger partial charge in [0, 0.05) is 259 Å². The Kier molecular flexibility index (Phi) is 26.6. The van der Waals surface area contributed by atoms with Crippen LogP contribution in [0.25, 0.3) is 111 Å². The molecule has 28 nitrogen and oxygen atoms in total. The number of halogens is 1. The van der Waals surface area contributed by atoms with Gasteiger partial charge in [-0.1, -0.05) is 82.3 Å². The highest BCUT2D eigenvalue weighted by atomic mass is 19.1. The van der Waals surface area contributed by atoms with Crippen LogP contribution in [0.2, 0.25) is 0 Å². The molecule has 3 aliphatic carbocycles. The van der Waals surface area contributed by atoms with Crippen LogP contribution >= 0.6 is 0 Å². The molecule has 4 aromatic carbocycles. The third-order valence-corrected chi connectivity index (χ3v) is 31.3. The van der Waals surface area contributed by atoms with Crippen LogP contribution in [-0.4, -0.2) is 206 Å². The molecule has 7 aliphatic heterocycles. The van der Waals surface area contributed by atoms with E-state index >= 15 is 0 Å². The van der Waals surface area contributed by atoms with Gasteiger partial charge in [-0.15, -0.1) is 0 Å². The second kappa shape index (κ2) is 39.6. The Morgan fingerprint density at radius 1 is 0.376 bits per heavy atom. The predicted molar refractivity (Wildman–Crippen MR) is 546 cm³/mol. The number of pyridine rings is 4. The van der Waals surface area contributed by atoms with E-state index in [9.17, 15) is 23.6 Å². The van der Waals surface area contributed by atoms with Crippen LogP contribution in [0.15, 0.2) is 116 Å². The van der Waals surface area contributed by atoms with Gasteiger partial charge in [-0.3, -0.25) is 43.5 Å². The Bertz CT molecular complexity index is 7140. The molecule has 17 heterocycles. The largest absolute Gasteiger partial charge is 0.381 e. The Morgan fingerprint density at radius 2 is 0.730 bits per heavy atom. The van der Waals surface area contributed by atoms with Gasteiger partial charge < -0.3 is 57.0 Å². The molecular weight excluding hydrogens is 1770 g/mol. The molecule has 4 amide bonds. The van der Waals surface area contributed by atoms with Crippen molar-refractivity contribution in [3.05, 3.63) is 196 Å². The van der Waals surface area contributed by atoms with Gasteiger partial charge in [-0.05, 0) is 181 Å². The van der Waals surface area contributed by atoms with Crippen molar-refractivity contribution < 1.29 is 37.8 Å². The standard InChI is InChI=1S/C29H36FN5O2.C29H34N6O2.C27H30N6O.C27H32N4O2/c1-3-26(36)34-11-12-35-24(19-34)27(32-28(35)20-7-9-29(2,30)10-8-20)22-6-4-5-21-17-25(31-18-23(21)22)33-13-15-37-16-14-33;1-5-26(36)34-10-11-35-25(17-34)28(31-29(35)20-8-12-37-13-9-20)27-18(2)6-7-21-14-24(30-15-22(21)27)23-16-33(4)32-19(23)3;1-5-24(34)32-10-11-33-23(15-32)26(29-27(33)18-8-9-18)25-16(2)6-7-19-12-22(28-13-20(19)25)21-14-31(4)30-17(21)3;1-3-24(32)30-10-11-31-23(16-30)26(29-27(31)19-6-7-19)25-17(2)4-5-20-14-22(28-15-21(20)25)18-8-12-33-13-9-18/h4-6,17-18,20H,3,7-16,19H2,1-2H3;6-7,14-16,20H,5,8-13,17H2,1-4H3;6-7,12-14,18H,5,8-11,15H2,1-4H3;4-5,14-15,18-19H,3,6-13,16H2,1-2H3. The molecule has 6 fully saturated rings. The maximum Gasteiger partial charge on any atom is 0.222 e. The van der Waals surface area contributed by atoms with Crippen LogP contribution in [0.1, 0.15) is 247 Å². The lowest BCUT2D eigenvalue weighted by molar-refractivity contribution is -0.133. The molecule has 3 saturated carbocycles. The molecule has 29 heteroatoms. The van der Waals surface area contributed by atoms with Gasteiger partial charge in [-0.2, -0.15) is 10.2 Å². The van der Waals surface area contributed by atoms with Crippen LogP contribution in [0.4, 0.5) is 10.2 Å². The van der Waals surface area contributed by atoms with E-state index in [4.69, 9.17) is 54.1 Å². The van der Waals surface area contributed by atoms with Gasteiger partial charge in [0.1, 0.15) is 34.8 Å². The summed E-state index contributed by atoms with van der Waals surface area (Å²) in [6.45, 7) is 34.8. The number of amides is 4. The molecule has 24 rings (SSSR count). The minimum Gasteiger partial charge on any atom is -0.381 e. The third kappa shape index (κ3) is 18.8. The number of rotatable bonds is 16. The van der Waals surface area contributed by atoms with Gasteiger partial charge in [0.05, 0.1) is 108 Å². The van der Waals surface area contributed by atoms with E-state index in [0.29, 0.717) is 94.9 Å². The zero-order valence-corrected chi connectivity index (χ0v) is 83.9. The summed E-state index contributed by atoms with van der Waals surface area (Å²) in [6, 6.07) is 28.2. The molecule has 141 heavy (non-hydrogen) atoms. The van der Waals surface area contributed by atoms with E-state index in [1.165, 1.54) is 70.8 Å². The first-order valence-electron chi connectivity index (χ1n) is 51.7. The maximum atomic E-state index is 14.6. The Hall–Kier alpha value is -12.7. The fourth-order valence-corrected chi connectivity index (χ4v) is 23.0. The van der Waals surface area contributed by atoms with Crippen molar-refractivity contribution in [2.45, 2.75) is 260 Å². The molecule has 0 atom stereocenters. The summed E-state index contributed by atoms with van der Waals surface area (Å²) in [6.07, 6.45) is 25.8. The highest BCUT2D eigenvalue weighted by Gasteiger charge is 2.41. The number of benzene rings is 4. The average Bonchev–Trinajstić information content (AvgIpc) is 1.53. The van der Waals surface area contributed by atoms with Crippen LogP contribution in [0, 0.1) is 34.6 Å². The maximum absolute atomic E-state index is 14.6. The molecule has 3 saturated heterocycles. The zero-order chi connectivity index (χ0) is 97.3. The van der Waals surface area contributed by atoms with Gasteiger partial charge in [0.15, 0.2) is 0 Å². The lowest BCUT2D eigenvalue weighted by Gasteiger charge is -2.33. The van der Waals surface area contributed by atoms with Crippen LogP contribution < -0.4 is 4.90 Å².